The van der Waals surface area contributed by atoms with E-state index in [0.717, 1.165) is 0 Å². The summed E-state index contributed by atoms with van der Waals surface area (Å²) in [5, 5.41) is 8.84. The molecule has 0 fully saturated rings. The molecular formula is C12H9F3N2O3. The van der Waals surface area contributed by atoms with Crippen molar-refractivity contribution in [3.8, 4) is 5.69 Å². The Balaban J connectivity index is 2.64. The Morgan fingerprint density at radius 1 is 1.20 bits per heavy atom. The first-order valence-electron chi connectivity index (χ1n) is 5.47. The highest BCUT2D eigenvalue weighted by molar-refractivity contribution is 5.87. The first kappa shape index (κ1) is 13.9. The van der Waals surface area contributed by atoms with Crippen LogP contribution in [0.15, 0.2) is 41.3 Å². The predicted octanol–water partition coefficient (Wildman–Crippen LogP) is 1.90. The lowest BCUT2D eigenvalue weighted by atomic mass is 10.3. The molecule has 1 N–H and O–H groups in total. The summed E-state index contributed by atoms with van der Waals surface area (Å²) in [6, 6.07) is 7.53. The van der Waals surface area contributed by atoms with E-state index in [4.69, 9.17) is 5.11 Å². The molecule has 0 unspecified atom stereocenters. The Kier molecular flexibility index (Phi) is 3.39. The van der Waals surface area contributed by atoms with Gasteiger partial charge in [0.25, 0.3) is 5.56 Å². The number of aromatic nitrogens is 2. The summed E-state index contributed by atoms with van der Waals surface area (Å²) < 4.78 is 38.7. The highest BCUT2D eigenvalue weighted by atomic mass is 19.4. The molecule has 0 saturated heterocycles. The van der Waals surface area contributed by atoms with Gasteiger partial charge in [0, 0.05) is 6.20 Å². The maximum absolute atomic E-state index is 12.5. The Morgan fingerprint density at radius 2 is 1.80 bits per heavy atom. The molecule has 8 heteroatoms. The number of hydrogen-bond acceptors (Lipinski definition) is 2. The normalized spacial score (nSPS) is 11.6. The van der Waals surface area contributed by atoms with Gasteiger partial charge < -0.3 is 5.11 Å². The van der Waals surface area contributed by atoms with Crippen LogP contribution in [0, 0.1) is 0 Å². The third kappa shape index (κ3) is 2.73. The van der Waals surface area contributed by atoms with Crippen LogP contribution in [0.1, 0.15) is 10.4 Å². The lowest BCUT2D eigenvalue weighted by Crippen LogP contribution is -2.27. The highest BCUT2D eigenvalue weighted by Crippen LogP contribution is 2.18. The van der Waals surface area contributed by atoms with Gasteiger partial charge in [0.15, 0.2) is 0 Å². The zero-order valence-corrected chi connectivity index (χ0v) is 9.96. The molecule has 0 aliphatic rings. The van der Waals surface area contributed by atoms with Crippen molar-refractivity contribution in [1.29, 1.82) is 0 Å². The van der Waals surface area contributed by atoms with Gasteiger partial charge in [-0.05, 0) is 12.1 Å². The molecule has 2 rings (SSSR count). The minimum atomic E-state index is -4.57. The van der Waals surface area contributed by atoms with Gasteiger partial charge in [-0.25, -0.2) is 9.48 Å². The van der Waals surface area contributed by atoms with Crippen molar-refractivity contribution in [2.45, 2.75) is 12.7 Å². The van der Waals surface area contributed by atoms with Gasteiger partial charge in [-0.2, -0.15) is 13.2 Å². The molecule has 0 bridgehead atoms. The van der Waals surface area contributed by atoms with Gasteiger partial charge in [-0.15, -0.1) is 0 Å². The minimum absolute atomic E-state index is 0.161. The van der Waals surface area contributed by atoms with E-state index in [-0.39, 0.29) is 5.69 Å². The van der Waals surface area contributed by atoms with Crippen molar-refractivity contribution in [3.05, 3.63) is 52.4 Å². The molecule has 0 radical (unpaired) electrons. The molecule has 1 heterocycles. The number of hydrogen-bond donors (Lipinski definition) is 1. The van der Waals surface area contributed by atoms with Crippen molar-refractivity contribution >= 4 is 5.97 Å². The van der Waals surface area contributed by atoms with Crippen LogP contribution in [0.5, 0.6) is 0 Å². The predicted molar refractivity (Wildman–Crippen MR) is 63.0 cm³/mol. The maximum atomic E-state index is 12.5. The van der Waals surface area contributed by atoms with Crippen molar-refractivity contribution in [2.75, 3.05) is 0 Å². The van der Waals surface area contributed by atoms with E-state index in [1.54, 1.807) is 6.07 Å². The quantitative estimate of drug-likeness (QED) is 0.937. The molecule has 1 aromatic carbocycles. The van der Waals surface area contributed by atoms with Crippen LogP contribution in [-0.4, -0.2) is 26.6 Å². The molecule has 1 aromatic heterocycles. The molecule has 0 aliphatic carbocycles. The third-order valence-corrected chi connectivity index (χ3v) is 2.53. The van der Waals surface area contributed by atoms with Gasteiger partial charge >= 0.3 is 12.1 Å². The number of rotatable bonds is 3. The largest absolute Gasteiger partial charge is 0.477 e. The van der Waals surface area contributed by atoms with Crippen LogP contribution in [0.2, 0.25) is 0 Å². The van der Waals surface area contributed by atoms with E-state index in [1.165, 1.54) is 24.3 Å². The number of para-hydroxylation sites is 1. The molecule has 0 amide bonds. The summed E-state index contributed by atoms with van der Waals surface area (Å²) in [6.45, 7) is -1.45. The molecule has 0 aliphatic heterocycles. The molecule has 106 valence electrons. The number of benzene rings is 1. The first-order valence-corrected chi connectivity index (χ1v) is 5.47. The number of halogens is 3. The fraction of sp³-hybridized carbons (Fsp3) is 0.167. The second-order valence-electron chi connectivity index (χ2n) is 4.01. The molecular weight excluding hydrogens is 277 g/mol. The number of carboxylic acids is 1. The molecule has 0 atom stereocenters. The van der Waals surface area contributed by atoms with Crippen molar-refractivity contribution in [2.24, 2.45) is 0 Å². The van der Waals surface area contributed by atoms with Crippen LogP contribution in [0.4, 0.5) is 13.2 Å². The van der Waals surface area contributed by atoms with E-state index >= 15 is 0 Å². The maximum Gasteiger partial charge on any atom is 0.407 e. The standard InChI is InChI=1S/C12H9F3N2O3/c13-12(14,15)7-16-6-9(11(19)20)10(18)17(16)8-4-2-1-3-5-8/h1-6H,7H2,(H,19,20). The smallest absolute Gasteiger partial charge is 0.407 e. The zero-order chi connectivity index (χ0) is 14.9. The summed E-state index contributed by atoms with van der Waals surface area (Å²) in [6.07, 6.45) is -3.89. The summed E-state index contributed by atoms with van der Waals surface area (Å²) >= 11 is 0. The van der Waals surface area contributed by atoms with Gasteiger partial charge in [0.2, 0.25) is 0 Å². The average Bonchev–Trinajstić information content (AvgIpc) is 2.65. The second kappa shape index (κ2) is 4.87. The van der Waals surface area contributed by atoms with Gasteiger partial charge in [0.1, 0.15) is 12.1 Å². The number of carboxylic acid groups (broad SMARTS) is 1. The Labute approximate surface area is 110 Å². The van der Waals surface area contributed by atoms with Crippen molar-refractivity contribution in [3.63, 3.8) is 0 Å². The van der Waals surface area contributed by atoms with Crippen molar-refractivity contribution in [1.82, 2.24) is 9.36 Å². The number of carbonyl (C=O) groups is 1. The Hall–Kier alpha value is -2.51. The lowest BCUT2D eigenvalue weighted by molar-refractivity contribution is -0.143. The molecule has 0 saturated carbocycles. The monoisotopic (exact) mass is 286 g/mol. The summed E-state index contributed by atoms with van der Waals surface area (Å²) in [4.78, 5) is 22.8. The van der Waals surface area contributed by atoms with Gasteiger partial charge in [-0.1, -0.05) is 18.2 Å². The van der Waals surface area contributed by atoms with E-state index in [9.17, 15) is 22.8 Å². The van der Waals surface area contributed by atoms with E-state index in [2.05, 4.69) is 0 Å². The Morgan fingerprint density at radius 3 is 2.30 bits per heavy atom. The molecule has 2 aromatic rings. The fourth-order valence-electron chi connectivity index (χ4n) is 1.77. The van der Waals surface area contributed by atoms with Crippen LogP contribution in [-0.2, 0) is 6.54 Å². The lowest BCUT2D eigenvalue weighted by Gasteiger charge is -2.13. The SMILES string of the molecule is O=C(O)c1cn(CC(F)(F)F)n(-c2ccccc2)c1=O. The van der Waals surface area contributed by atoms with Gasteiger partial charge in [0.05, 0.1) is 5.69 Å². The third-order valence-electron chi connectivity index (χ3n) is 2.53. The number of alkyl halides is 3. The first-order chi connectivity index (χ1) is 9.29. The van der Waals surface area contributed by atoms with E-state index < -0.39 is 29.8 Å². The van der Waals surface area contributed by atoms with Crippen LogP contribution >= 0.6 is 0 Å². The topological polar surface area (TPSA) is 64.2 Å². The summed E-state index contributed by atoms with van der Waals surface area (Å²) in [5.41, 5.74) is -1.56. The summed E-state index contributed by atoms with van der Waals surface area (Å²) in [7, 11) is 0. The van der Waals surface area contributed by atoms with E-state index in [0.29, 0.717) is 15.6 Å². The van der Waals surface area contributed by atoms with Gasteiger partial charge in [-0.3, -0.25) is 9.48 Å². The van der Waals surface area contributed by atoms with Crippen LogP contribution < -0.4 is 5.56 Å². The average molecular weight is 286 g/mol. The summed E-state index contributed by atoms with van der Waals surface area (Å²) in [5.74, 6) is -1.57. The van der Waals surface area contributed by atoms with E-state index in [1.807, 2.05) is 0 Å². The zero-order valence-electron chi connectivity index (χ0n) is 9.96. The number of aromatic carboxylic acids is 1. The Bertz CT molecular complexity index is 686. The highest BCUT2D eigenvalue weighted by Gasteiger charge is 2.31. The fourth-order valence-corrected chi connectivity index (χ4v) is 1.77. The number of nitrogens with zero attached hydrogens (tertiary/aromatic N) is 2. The molecule has 5 nitrogen and oxygen atoms in total. The van der Waals surface area contributed by atoms with Crippen LogP contribution in [0.3, 0.4) is 0 Å². The minimum Gasteiger partial charge on any atom is -0.477 e. The van der Waals surface area contributed by atoms with Crippen molar-refractivity contribution < 1.29 is 23.1 Å². The molecule has 20 heavy (non-hydrogen) atoms. The molecule has 0 spiro atoms. The second-order valence-corrected chi connectivity index (χ2v) is 4.01. The van der Waals surface area contributed by atoms with Crippen LogP contribution in [0.25, 0.3) is 5.69 Å².